The fourth-order valence-corrected chi connectivity index (χ4v) is 1.21. The summed E-state index contributed by atoms with van der Waals surface area (Å²) in [6, 6.07) is 3.92. The van der Waals surface area contributed by atoms with Crippen LogP contribution in [0.4, 0.5) is 0 Å². The first-order valence-electron chi connectivity index (χ1n) is 4.30. The van der Waals surface area contributed by atoms with E-state index in [-0.39, 0.29) is 6.10 Å². The zero-order chi connectivity index (χ0) is 9.52. The number of hydrogen-bond acceptors (Lipinski definition) is 3. The van der Waals surface area contributed by atoms with Crippen LogP contribution in [0, 0.1) is 0 Å². The lowest BCUT2D eigenvalue weighted by Gasteiger charge is -2.14. The Bertz CT molecular complexity index is 226. The smallest absolute Gasteiger partial charge is 0.0857 e. The summed E-state index contributed by atoms with van der Waals surface area (Å²) in [4.78, 5) is 4.04. The number of methoxy groups -OCH3 is 2. The minimum atomic E-state index is 0.0913. The molecule has 3 heteroatoms. The fraction of sp³-hybridized carbons (Fsp3) is 0.500. The number of aromatic nitrogens is 1. The van der Waals surface area contributed by atoms with Gasteiger partial charge in [0, 0.05) is 39.6 Å². The Morgan fingerprint density at radius 3 is 2.85 bits per heavy atom. The first-order valence-corrected chi connectivity index (χ1v) is 4.30. The quantitative estimate of drug-likeness (QED) is 0.694. The highest BCUT2D eigenvalue weighted by Gasteiger charge is 2.09. The molecule has 0 bridgehead atoms. The molecule has 1 rings (SSSR count). The third kappa shape index (κ3) is 3.13. The van der Waals surface area contributed by atoms with Gasteiger partial charge in [0.25, 0.3) is 0 Å². The van der Waals surface area contributed by atoms with E-state index >= 15 is 0 Å². The van der Waals surface area contributed by atoms with Crippen LogP contribution in [0.15, 0.2) is 24.5 Å². The molecular formula is C10H15NO2. The highest BCUT2D eigenvalue weighted by molar-refractivity contribution is 5.11. The minimum absolute atomic E-state index is 0.0913. The van der Waals surface area contributed by atoms with Crippen LogP contribution < -0.4 is 0 Å². The molecule has 72 valence electrons. The lowest BCUT2D eigenvalue weighted by molar-refractivity contribution is 0.0660. The molecule has 1 atom stereocenters. The topological polar surface area (TPSA) is 31.4 Å². The maximum Gasteiger partial charge on any atom is 0.0857 e. The van der Waals surface area contributed by atoms with Crippen molar-refractivity contribution in [2.45, 2.75) is 12.5 Å². The Balaban J connectivity index is 2.56. The molecule has 0 aliphatic rings. The van der Waals surface area contributed by atoms with Crippen molar-refractivity contribution in [1.29, 1.82) is 0 Å². The number of nitrogens with zero attached hydrogens (tertiary/aromatic N) is 1. The van der Waals surface area contributed by atoms with E-state index in [1.54, 1.807) is 20.4 Å². The Kier molecular flexibility index (Phi) is 4.43. The number of hydrogen-bond donors (Lipinski definition) is 0. The van der Waals surface area contributed by atoms with Gasteiger partial charge in [-0.05, 0) is 11.6 Å². The Labute approximate surface area is 78.7 Å². The summed E-state index contributed by atoms with van der Waals surface area (Å²) in [6.45, 7) is 0.702. The zero-order valence-corrected chi connectivity index (χ0v) is 8.06. The van der Waals surface area contributed by atoms with Crippen molar-refractivity contribution >= 4 is 0 Å². The summed E-state index contributed by atoms with van der Waals surface area (Å²) in [5.74, 6) is 0. The average Bonchev–Trinajstić information content (AvgIpc) is 2.21. The molecule has 13 heavy (non-hydrogen) atoms. The average molecular weight is 181 g/mol. The van der Waals surface area contributed by atoms with Crippen LogP contribution in [0.25, 0.3) is 0 Å². The third-order valence-electron chi connectivity index (χ3n) is 1.92. The van der Waals surface area contributed by atoms with Crippen LogP contribution >= 0.6 is 0 Å². The largest absolute Gasteiger partial charge is 0.385 e. The molecule has 1 heterocycles. The predicted octanol–water partition coefficient (Wildman–Crippen LogP) is 1.81. The molecule has 1 aromatic rings. The first-order chi connectivity index (χ1) is 6.38. The van der Waals surface area contributed by atoms with Gasteiger partial charge in [-0.25, -0.2) is 0 Å². The Morgan fingerprint density at radius 1 is 1.46 bits per heavy atom. The lowest BCUT2D eigenvalue weighted by atomic mass is 10.1. The van der Waals surface area contributed by atoms with Crippen molar-refractivity contribution in [1.82, 2.24) is 4.98 Å². The molecule has 0 fully saturated rings. The van der Waals surface area contributed by atoms with Crippen LogP contribution in [0.2, 0.25) is 0 Å². The van der Waals surface area contributed by atoms with E-state index in [2.05, 4.69) is 4.98 Å². The van der Waals surface area contributed by atoms with Gasteiger partial charge in [-0.1, -0.05) is 6.07 Å². The van der Waals surface area contributed by atoms with Gasteiger partial charge in [0.15, 0.2) is 0 Å². The van der Waals surface area contributed by atoms with Gasteiger partial charge in [0.05, 0.1) is 6.10 Å². The number of rotatable bonds is 5. The summed E-state index contributed by atoms with van der Waals surface area (Å²) >= 11 is 0. The maximum atomic E-state index is 5.32. The molecule has 1 aromatic heterocycles. The summed E-state index contributed by atoms with van der Waals surface area (Å²) in [5, 5.41) is 0. The zero-order valence-electron chi connectivity index (χ0n) is 8.06. The van der Waals surface area contributed by atoms with Crippen molar-refractivity contribution in [3.8, 4) is 0 Å². The Morgan fingerprint density at radius 2 is 2.31 bits per heavy atom. The monoisotopic (exact) mass is 181 g/mol. The third-order valence-corrected chi connectivity index (χ3v) is 1.92. The second-order valence-electron chi connectivity index (χ2n) is 2.79. The van der Waals surface area contributed by atoms with Crippen LogP contribution in [0.1, 0.15) is 18.1 Å². The predicted molar refractivity (Wildman–Crippen MR) is 50.5 cm³/mol. The molecule has 3 nitrogen and oxygen atoms in total. The standard InChI is InChI=1S/C10H15NO2/c1-12-7-5-10(13-2)9-4-3-6-11-8-9/h3-4,6,8,10H,5,7H2,1-2H3. The Hall–Kier alpha value is -0.930. The van der Waals surface area contributed by atoms with Gasteiger partial charge < -0.3 is 9.47 Å². The minimum Gasteiger partial charge on any atom is -0.385 e. The van der Waals surface area contributed by atoms with Crippen LogP contribution in [-0.4, -0.2) is 25.8 Å². The second kappa shape index (κ2) is 5.67. The maximum absolute atomic E-state index is 5.32. The van der Waals surface area contributed by atoms with Crippen molar-refractivity contribution in [2.75, 3.05) is 20.8 Å². The summed E-state index contributed by atoms with van der Waals surface area (Å²) in [6.07, 6.45) is 4.53. The van der Waals surface area contributed by atoms with Crippen molar-refractivity contribution < 1.29 is 9.47 Å². The molecule has 0 N–H and O–H groups in total. The summed E-state index contributed by atoms with van der Waals surface area (Å²) in [5.41, 5.74) is 1.10. The summed E-state index contributed by atoms with van der Waals surface area (Å²) < 4.78 is 10.3. The summed E-state index contributed by atoms with van der Waals surface area (Å²) in [7, 11) is 3.39. The second-order valence-corrected chi connectivity index (χ2v) is 2.79. The first kappa shape index (κ1) is 10.2. The van der Waals surface area contributed by atoms with E-state index < -0.39 is 0 Å². The molecule has 0 aliphatic carbocycles. The van der Waals surface area contributed by atoms with Crippen LogP contribution in [-0.2, 0) is 9.47 Å². The van der Waals surface area contributed by atoms with E-state index in [4.69, 9.17) is 9.47 Å². The number of ether oxygens (including phenoxy) is 2. The van der Waals surface area contributed by atoms with Crippen LogP contribution in [0.3, 0.4) is 0 Å². The molecule has 0 spiro atoms. The molecular weight excluding hydrogens is 166 g/mol. The SMILES string of the molecule is COCCC(OC)c1cccnc1. The van der Waals surface area contributed by atoms with E-state index in [9.17, 15) is 0 Å². The molecule has 0 aliphatic heterocycles. The fourth-order valence-electron chi connectivity index (χ4n) is 1.21. The van der Waals surface area contributed by atoms with E-state index in [0.29, 0.717) is 6.61 Å². The molecule has 0 radical (unpaired) electrons. The van der Waals surface area contributed by atoms with E-state index in [1.807, 2.05) is 18.3 Å². The van der Waals surface area contributed by atoms with Crippen molar-refractivity contribution in [3.63, 3.8) is 0 Å². The molecule has 0 saturated heterocycles. The normalized spacial score (nSPS) is 12.8. The lowest BCUT2D eigenvalue weighted by Crippen LogP contribution is -2.05. The van der Waals surface area contributed by atoms with Gasteiger partial charge in [0.1, 0.15) is 0 Å². The highest BCUT2D eigenvalue weighted by Crippen LogP contribution is 2.18. The van der Waals surface area contributed by atoms with E-state index in [1.165, 1.54) is 0 Å². The van der Waals surface area contributed by atoms with Gasteiger partial charge in [-0.15, -0.1) is 0 Å². The van der Waals surface area contributed by atoms with Gasteiger partial charge in [0.2, 0.25) is 0 Å². The van der Waals surface area contributed by atoms with Crippen molar-refractivity contribution in [3.05, 3.63) is 30.1 Å². The molecule has 0 aromatic carbocycles. The van der Waals surface area contributed by atoms with Crippen LogP contribution in [0.5, 0.6) is 0 Å². The molecule has 1 unspecified atom stereocenters. The molecule has 0 saturated carbocycles. The molecule has 0 amide bonds. The highest BCUT2D eigenvalue weighted by atomic mass is 16.5. The van der Waals surface area contributed by atoms with Gasteiger partial charge in [-0.3, -0.25) is 4.98 Å². The van der Waals surface area contributed by atoms with Gasteiger partial charge >= 0.3 is 0 Å². The van der Waals surface area contributed by atoms with E-state index in [0.717, 1.165) is 12.0 Å². The number of pyridine rings is 1. The van der Waals surface area contributed by atoms with Gasteiger partial charge in [-0.2, -0.15) is 0 Å². The van der Waals surface area contributed by atoms with Crippen molar-refractivity contribution in [2.24, 2.45) is 0 Å².